The average molecular weight is 474 g/mol. The van der Waals surface area contributed by atoms with E-state index in [9.17, 15) is 13.2 Å². The van der Waals surface area contributed by atoms with Crippen LogP contribution in [0.2, 0.25) is 0 Å². The van der Waals surface area contributed by atoms with Gasteiger partial charge in [-0.25, -0.2) is 13.2 Å². The van der Waals surface area contributed by atoms with Crippen LogP contribution in [-0.2, 0) is 14.8 Å². The molecule has 0 saturated heterocycles. The number of ether oxygens (including phenoxy) is 1. The fourth-order valence-electron chi connectivity index (χ4n) is 3.79. The summed E-state index contributed by atoms with van der Waals surface area (Å²) in [6.45, 7) is 2.40. The second-order valence-electron chi connectivity index (χ2n) is 7.91. The maximum atomic E-state index is 13.3. The number of thiophene rings is 1. The quantitative estimate of drug-likeness (QED) is 0.328. The second kappa shape index (κ2) is 9.87. The lowest BCUT2D eigenvalue weighted by Crippen LogP contribution is -2.14. The third-order valence-electron chi connectivity index (χ3n) is 5.55. The number of sulfonamides is 1. The largest absolute Gasteiger partial charge is 0.462 e. The highest BCUT2D eigenvalue weighted by Gasteiger charge is 2.27. The third kappa shape index (κ3) is 5.05. The molecular formula is C23H27N3O4S2. The first-order chi connectivity index (χ1) is 15.5. The van der Waals surface area contributed by atoms with E-state index >= 15 is 0 Å². The highest BCUT2D eigenvalue weighted by atomic mass is 32.2. The number of anilines is 1. The predicted octanol–water partition coefficient (Wildman–Crippen LogP) is 5.48. The molecule has 1 aliphatic carbocycles. The number of carbonyl (C=O) groups is 1. The SMILES string of the molecule is CCCCOC(=O)c1ccc(NS(=O)(=O)c2cn(C3CCCC3)nc2-c2cccs2)cc1. The highest BCUT2D eigenvalue weighted by molar-refractivity contribution is 7.92. The van der Waals surface area contributed by atoms with Gasteiger partial charge in [0, 0.05) is 11.9 Å². The number of benzene rings is 1. The maximum Gasteiger partial charge on any atom is 0.338 e. The second-order valence-corrected chi connectivity index (χ2v) is 10.5. The lowest BCUT2D eigenvalue weighted by Gasteiger charge is -2.09. The summed E-state index contributed by atoms with van der Waals surface area (Å²) >= 11 is 1.46. The van der Waals surface area contributed by atoms with E-state index in [4.69, 9.17) is 4.74 Å². The molecule has 0 atom stereocenters. The maximum absolute atomic E-state index is 13.3. The van der Waals surface area contributed by atoms with E-state index in [0.717, 1.165) is 43.4 Å². The Morgan fingerprint density at radius 1 is 1.22 bits per heavy atom. The zero-order valence-corrected chi connectivity index (χ0v) is 19.6. The zero-order valence-electron chi connectivity index (χ0n) is 18.0. The molecule has 32 heavy (non-hydrogen) atoms. The lowest BCUT2D eigenvalue weighted by atomic mass is 10.2. The van der Waals surface area contributed by atoms with E-state index in [0.29, 0.717) is 23.6 Å². The number of carbonyl (C=O) groups excluding carboxylic acids is 1. The fraction of sp³-hybridized carbons (Fsp3) is 0.391. The van der Waals surface area contributed by atoms with Crippen molar-refractivity contribution in [2.24, 2.45) is 0 Å². The van der Waals surface area contributed by atoms with Gasteiger partial charge in [0.1, 0.15) is 10.6 Å². The van der Waals surface area contributed by atoms with Crippen LogP contribution in [0.15, 0.2) is 52.9 Å². The van der Waals surface area contributed by atoms with Crippen LogP contribution in [0.25, 0.3) is 10.6 Å². The van der Waals surface area contributed by atoms with Crippen molar-refractivity contribution in [2.75, 3.05) is 11.3 Å². The average Bonchev–Trinajstić information content (AvgIpc) is 3.55. The van der Waals surface area contributed by atoms with Crippen molar-refractivity contribution in [1.29, 1.82) is 0 Å². The van der Waals surface area contributed by atoms with Gasteiger partial charge in [-0.1, -0.05) is 32.3 Å². The summed E-state index contributed by atoms with van der Waals surface area (Å²) in [7, 11) is -3.87. The molecule has 1 saturated carbocycles. The Bertz CT molecular complexity index is 1150. The Morgan fingerprint density at radius 3 is 2.62 bits per heavy atom. The molecule has 0 spiro atoms. The van der Waals surface area contributed by atoms with Gasteiger partial charge in [-0.2, -0.15) is 5.10 Å². The van der Waals surface area contributed by atoms with Crippen molar-refractivity contribution in [3.05, 3.63) is 53.5 Å². The zero-order chi connectivity index (χ0) is 22.6. The summed E-state index contributed by atoms with van der Waals surface area (Å²) in [6, 6.07) is 10.3. The molecule has 0 radical (unpaired) electrons. The fourth-order valence-corrected chi connectivity index (χ4v) is 5.78. The number of aromatic nitrogens is 2. The smallest absolute Gasteiger partial charge is 0.338 e. The van der Waals surface area contributed by atoms with Crippen molar-refractivity contribution in [1.82, 2.24) is 9.78 Å². The molecule has 2 heterocycles. The van der Waals surface area contributed by atoms with E-state index in [1.807, 2.05) is 29.1 Å². The molecule has 1 aromatic carbocycles. The highest BCUT2D eigenvalue weighted by Crippen LogP contribution is 2.35. The van der Waals surface area contributed by atoms with Crippen LogP contribution in [-0.4, -0.2) is 30.8 Å². The van der Waals surface area contributed by atoms with Gasteiger partial charge in [0.2, 0.25) is 0 Å². The number of nitrogens with zero attached hydrogens (tertiary/aromatic N) is 2. The molecular weight excluding hydrogens is 446 g/mol. The monoisotopic (exact) mass is 473 g/mol. The predicted molar refractivity (Wildman–Crippen MR) is 125 cm³/mol. The first kappa shape index (κ1) is 22.5. The Balaban J connectivity index is 1.56. The van der Waals surface area contributed by atoms with Crippen molar-refractivity contribution in [3.63, 3.8) is 0 Å². The van der Waals surface area contributed by atoms with Crippen LogP contribution >= 0.6 is 11.3 Å². The minimum atomic E-state index is -3.87. The minimum absolute atomic E-state index is 0.162. The van der Waals surface area contributed by atoms with Gasteiger partial charge in [-0.15, -0.1) is 11.3 Å². The number of nitrogens with one attached hydrogen (secondary N) is 1. The molecule has 1 fully saturated rings. The molecule has 3 aromatic rings. The first-order valence-electron chi connectivity index (χ1n) is 10.9. The first-order valence-corrected chi connectivity index (χ1v) is 13.3. The van der Waals surface area contributed by atoms with E-state index in [-0.39, 0.29) is 10.9 Å². The topological polar surface area (TPSA) is 90.3 Å². The molecule has 0 aliphatic heterocycles. The van der Waals surface area contributed by atoms with Gasteiger partial charge in [-0.05, 0) is 55.0 Å². The third-order valence-corrected chi connectivity index (χ3v) is 7.80. The van der Waals surface area contributed by atoms with Crippen LogP contribution in [0.1, 0.15) is 61.8 Å². The van der Waals surface area contributed by atoms with Crippen LogP contribution in [0.4, 0.5) is 5.69 Å². The summed E-state index contributed by atoms with van der Waals surface area (Å²) in [4.78, 5) is 13.0. The summed E-state index contributed by atoms with van der Waals surface area (Å²) in [5, 5.41) is 6.57. The molecule has 9 heteroatoms. The van der Waals surface area contributed by atoms with E-state index in [1.54, 1.807) is 30.5 Å². The van der Waals surface area contributed by atoms with E-state index in [2.05, 4.69) is 9.82 Å². The minimum Gasteiger partial charge on any atom is -0.462 e. The Morgan fingerprint density at radius 2 is 1.97 bits per heavy atom. The molecule has 4 rings (SSSR count). The van der Waals surface area contributed by atoms with Crippen molar-refractivity contribution in [2.45, 2.75) is 56.4 Å². The van der Waals surface area contributed by atoms with Gasteiger partial charge in [0.05, 0.1) is 23.1 Å². The van der Waals surface area contributed by atoms with Gasteiger partial charge < -0.3 is 4.74 Å². The van der Waals surface area contributed by atoms with Gasteiger partial charge in [-0.3, -0.25) is 9.40 Å². The van der Waals surface area contributed by atoms with Crippen LogP contribution in [0.3, 0.4) is 0 Å². The van der Waals surface area contributed by atoms with Crippen LogP contribution < -0.4 is 4.72 Å². The molecule has 1 N–H and O–H groups in total. The summed E-state index contributed by atoms with van der Waals surface area (Å²) < 4.78 is 36.2. The molecule has 2 aromatic heterocycles. The molecule has 7 nitrogen and oxygen atoms in total. The summed E-state index contributed by atoms with van der Waals surface area (Å²) in [6.07, 6.45) is 7.68. The summed E-state index contributed by atoms with van der Waals surface area (Å²) in [5.74, 6) is -0.411. The lowest BCUT2D eigenvalue weighted by molar-refractivity contribution is 0.0500. The Kier molecular flexibility index (Phi) is 6.95. The molecule has 170 valence electrons. The van der Waals surface area contributed by atoms with Crippen molar-refractivity contribution in [3.8, 4) is 10.6 Å². The Labute approximate surface area is 192 Å². The van der Waals surface area contributed by atoms with Gasteiger partial charge >= 0.3 is 5.97 Å². The molecule has 0 amide bonds. The molecule has 0 bridgehead atoms. The van der Waals surface area contributed by atoms with Crippen molar-refractivity contribution >= 4 is 33.0 Å². The van der Waals surface area contributed by atoms with Gasteiger partial charge in [0.25, 0.3) is 10.0 Å². The number of hydrogen-bond donors (Lipinski definition) is 1. The normalized spacial score (nSPS) is 14.5. The summed E-state index contributed by atoms with van der Waals surface area (Å²) in [5.41, 5.74) is 1.23. The number of hydrogen-bond acceptors (Lipinski definition) is 6. The van der Waals surface area contributed by atoms with Gasteiger partial charge in [0.15, 0.2) is 0 Å². The standard InChI is InChI=1S/C23H27N3O4S2/c1-2-3-14-30-23(27)17-10-12-18(13-11-17)25-32(28,29)21-16-26(19-7-4-5-8-19)24-22(21)20-9-6-15-31-20/h6,9-13,15-16,19,25H,2-5,7-8,14H2,1H3. The number of rotatable bonds is 9. The van der Waals surface area contributed by atoms with Crippen LogP contribution in [0.5, 0.6) is 0 Å². The molecule has 1 aliphatic rings. The van der Waals surface area contributed by atoms with E-state index in [1.165, 1.54) is 11.3 Å². The number of unbranched alkanes of at least 4 members (excludes halogenated alkanes) is 1. The Hall–Kier alpha value is -2.65. The number of esters is 1. The van der Waals surface area contributed by atoms with Crippen molar-refractivity contribution < 1.29 is 17.9 Å². The van der Waals surface area contributed by atoms with E-state index < -0.39 is 16.0 Å². The molecule has 0 unspecified atom stereocenters. The van der Waals surface area contributed by atoms with Crippen LogP contribution in [0, 0.1) is 0 Å².